The molecule has 1 amide bonds. The van der Waals surface area contributed by atoms with Gasteiger partial charge in [-0.2, -0.15) is 0 Å². The fourth-order valence-electron chi connectivity index (χ4n) is 3.25. The predicted octanol–water partition coefficient (Wildman–Crippen LogP) is 3.88. The zero-order valence-electron chi connectivity index (χ0n) is 20.5. The van der Waals surface area contributed by atoms with E-state index in [9.17, 15) is 19.5 Å². The maximum atomic E-state index is 11.9. The number of amides is 1. The number of thioether (sulfide) groups is 1. The maximum Gasteiger partial charge on any atom is 0.322 e. The van der Waals surface area contributed by atoms with Crippen LogP contribution in [0.25, 0.3) is 0 Å². The minimum absolute atomic E-state index is 0.0201. The average Bonchev–Trinajstić information content (AvgIpc) is 2.79. The van der Waals surface area contributed by atoms with Gasteiger partial charge in [0.15, 0.2) is 0 Å². The van der Waals surface area contributed by atoms with Crippen molar-refractivity contribution < 1.29 is 29.7 Å². The Kier molecular flexibility index (Phi) is 20.5. The van der Waals surface area contributed by atoms with Gasteiger partial charge in [-0.1, -0.05) is 76.2 Å². The summed E-state index contributed by atoms with van der Waals surface area (Å²) in [5, 5.41) is 29.8. The first-order chi connectivity index (χ1) is 16.3. The van der Waals surface area contributed by atoms with Gasteiger partial charge in [0.05, 0.1) is 12.1 Å². The van der Waals surface area contributed by atoms with Crippen molar-refractivity contribution in [3.8, 4) is 0 Å². The molecule has 0 bridgehead atoms. The van der Waals surface area contributed by atoms with E-state index in [1.54, 1.807) is 0 Å². The second-order valence-electron chi connectivity index (χ2n) is 8.45. The highest BCUT2D eigenvalue weighted by Crippen LogP contribution is 2.21. The lowest BCUT2D eigenvalue weighted by Crippen LogP contribution is -2.44. The molecule has 6 N–H and O–H groups in total. The van der Waals surface area contributed by atoms with E-state index < -0.39 is 36.5 Å². The maximum absolute atomic E-state index is 11.9. The molecule has 0 spiro atoms. The molecule has 0 unspecified atom stereocenters. The van der Waals surface area contributed by atoms with Crippen LogP contribution < -0.4 is 11.1 Å². The van der Waals surface area contributed by atoms with Crippen LogP contribution in [0.4, 0.5) is 0 Å². The van der Waals surface area contributed by atoms with Gasteiger partial charge in [-0.05, 0) is 25.7 Å². The van der Waals surface area contributed by atoms with Crippen LogP contribution in [0, 0.1) is 0 Å². The van der Waals surface area contributed by atoms with Crippen molar-refractivity contribution in [2.75, 3.05) is 12.3 Å². The van der Waals surface area contributed by atoms with E-state index in [2.05, 4.69) is 18.3 Å². The minimum atomic E-state index is -1.15. The SMILES string of the molecule is CCCCCCCCCC/C=C\C=C\[C@@H](SC[C@H](N)C(=O)NCC(=O)O)[C@@H](O)CCCC(=O)O. The first-order valence-electron chi connectivity index (χ1n) is 12.4. The third-order valence-corrected chi connectivity index (χ3v) is 6.67. The summed E-state index contributed by atoms with van der Waals surface area (Å²) < 4.78 is 0. The number of carboxylic acids is 2. The number of carbonyl (C=O) groups is 3. The summed E-state index contributed by atoms with van der Waals surface area (Å²) in [7, 11) is 0. The number of allylic oxidation sites excluding steroid dienone is 3. The summed E-state index contributed by atoms with van der Waals surface area (Å²) >= 11 is 1.29. The molecule has 196 valence electrons. The summed E-state index contributed by atoms with van der Waals surface area (Å²) in [6.45, 7) is 1.72. The van der Waals surface area contributed by atoms with E-state index >= 15 is 0 Å². The zero-order valence-corrected chi connectivity index (χ0v) is 21.3. The van der Waals surface area contributed by atoms with Gasteiger partial charge in [0.25, 0.3) is 0 Å². The fraction of sp³-hybridized carbons (Fsp3) is 0.720. The third kappa shape index (κ3) is 19.6. The summed E-state index contributed by atoms with van der Waals surface area (Å²) in [6, 6.07) is -0.913. The van der Waals surface area contributed by atoms with Crippen LogP contribution in [0.15, 0.2) is 24.3 Å². The first kappa shape index (κ1) is 32.2. The Morgan fingerprint density at radius 3 is 2.21 bits per heavy atom. The molecule has 0 aliphatic carbocycles. The van der Waals surface area contributed by atoms with Gasteiger partial charge in [0, 0.05) is 17.4 Å². The largest absolute Gasteiger partial charge is 0.481 e. The molecule has 34 heavy (non-hydrogen) atoms. The lowest BCUT2D eigenvalue weighted by molar-refractivity contribution is -0.138. The van der Waals surface area contributed by atoms with Crippen LogP contribution in [0.5, 0.6) is 0 Å². The molecule has 0 aromatic carbocycles. The molecule has 9 heteroatoms. The highest BCUT2D eigenvalue weighted by atomic mass is 32.2. The molecule has 0 aromatic heterocycles. The van der Waals surface area contributed by atoms with Crippen LogP contribution in [0.3, 0.4) is 0 Å². The van der Waals surface area contributed by atoms with Gasteiger partial charge in [0.2, 0.25) is 5.91 Å². The molecule has 0 aromatic rings. The Labute approximate surface area is 208 Å². The quantitative estimate of drug-likeness (QED) is 0.111. The van der Waals surface area contributed by atoms with Gasteiger partial charge >= 0.3 is 11.9 Å². The topological polar surface area (TPSA) is 150 Å². The van der Waals surface area contributed by atoms with E-state index in [0.29, 0.717) is 12.8 Å². The van der Waals surface area contributed by atoms with E-state index in [1.165, 1.54) is 56.7 Å². The van der Waals surface area contributed by atoms with Crippen LogP contribution in [0.1, 0.15) is 84.0 Å². The van der Waals surface area contributed by atoms with Crippen molar-refractivity contribution in [3.05, 3.63) is 24.3 Å². The van der Waals surface area contributed by atoms with Gasteiger partial charge in [-0.15, -0.1) is 11.8 Å². The average molecular weight is 501 g/mol. The van der Waals surface area contributed by atoms with E-state index in [-0.39, 0.29) is 17.4 Å². The van der Waals surface area contributed by atoms with Crippen molar-refractivity contribution in [2.45, 2.75) is 101 Å². The Morgan fingerprint density at radius 1 is 0.941 bits per heavy atom. The fourth-order valence-corrected chi connectivity index (χ4v) is 4.39. The van der Waals surface area contributed by atoms with Crippen molar-refractivity contribution in [1.82, 2.24) is 5.32 Å². The molecular formula is C25H44N2O6S. The molecule has 0 heterocycles. The zero-order chi connectivity index (χ0) is 25.6. The predicted molar refractivity (Wildman–Crippen MR) is 138 cm³/mol. The second-order valence-corrected chi connectivity index (χ2v) is 9.66. The van der Waals surface area contributed by atoms with Crippen molar-refractivity contribution >= 4 is 29.6 Å². The minimum Gasteiger partial charge on any atom is -0.481 e. The van der Waals surface area contributed by atoms with Crippen molar-refractivity contribution in [2.24, 2.45) is 5.73 Å². The Morgan fingerprint density at radius 2 is 1.59 bits per heavy atom. The van der Waals surface area contributed by atoms with E-state index in [1.807, 2.05) is 18.2 Å². The number of aliphatic carboxylic acids is 2. The van der Waals surface area contributed by atoms with Crippen LogP contribution >= 0.6 is 11.8 Å². The molecule has 0 fully saturated rings. The monoisotopic (exact) mass is 500 g/mol. The number of nitrogens with one attached hydrogen (secondary N) is 1. The highest BCUT2D eigenvalue weighted by molar-refractivity contribution is 8.00. The normalized spacial score (nSPS) is 14.3. The number of unbranched alkanes of at least 4 members (excludes halogenated alkanes) is 8. The lowest BCUT2D eigenvalue weighted by Gasteiger charge is -2.21. The molecule has 0 rings (SSSR count). The number of carboxylic acid groups (broad SMARTS) is 2. The summed E-state index contributed by atoms with van der Waals surface area (Å²) in [5.74, 6) is -2.43. The second kappa shape index (κ2) is 21.7. The number of rotatable bonds is 22. The molecule has 8 nitrogen and oxygen atoms in total. The summed E-state index contributed by atoms with van der Waals surface area (Å²) in [5.41, 5.74) is 5.84. The van der Waals surface area contributed by atoms with Crippen molar-refractivity contribution in [1.29, 1.82) is 0 Å². The molecule has 0 aliphatic rings. The third-order valence-electron chi connectivity index (χ3n) is 5.26. The van der Waals surface area contributed by atoms with E-state index in [0.717, 1.165) is 12.8 Å². The Bertz CT molecular complexity index is 627. The first-order valence-corrected chi connectivity index (χ1v) is 13.4. The molecular weight excluding hydrogens is 456 g/mol. The molecule has 0 radical (unpaired) electrons. The van der Waals surface area contributed by atoms with Crippen LogP contribution in [-0.4, -0.2) is 62.9 Å². The summed E-state index contributed by atoms with van der Waals surface area (Å²) in [4.78, 5) is 33.2. The molecule has 0 aliphatic heterocycles. The number of hydrogen-bond donors (Lipinski definition) is 5. The number of nitrogens with two attached hydrogens (primary N) is 1. The number of hydrogen-bond acceptors (Lipinski definition) is 6. The van der Waals surface area contributed by atoms with Gasteiger partial charge in [0.1, 0.15) is 6.54 Å². The standard InChI is InChI=1S/C25H44N2O6S/c1-2-3-4-5-6-7-8-9-10-11-12-13-16-22(21(28)15-14-17-23(29)30)34-19-20(26)25(33)27-18-24(31)32/h11-13,16,20-22,28H,2-10,14-15,17-19,26H2,1H3,(H,27,33)(H,29,30)(H,31,32)/b12-11-,16-13+/t20-,21-,22+/m0/s1. The number of aliphatic hydroxyl groups is 1. The van der Waals surface area contributed by atoms with E-state index in [4.69, 9.17) is 15.9 Å². The van der Waals surface area contributed by atoms with Gasteiger partial charge in [-0.25, -0.2) is 0 Å². The smallest absolute Gasteiger partial charge is 0.322 e. The highest BCUT2D eigenvalue weighted by Gasteiger charge is 2.21. The number of aliphatic hydroxyl groups excluding tert-OH is 1. The van der Waals surface area contributed by atoms with Crippen molar-refractivity contribution in [3.63, 3.8) is 0 Å². The molecule has 0 saturated heterocycles. The van der Waals surface area contributed by atoms with Gasteiger partial charge < -0.3 is 26.4 Å². The van der Waals surface area contributed by atoms with Gasteiger partial charge in [-0.3, -0.25) is 14.4 Å². The Balaban J connectivity index is 4.50. The Hall–Kier alpha value is -1.84. The van der Waals surface area contributed by atoms with Crippen LogP contribution in [0.2, 0.25) is 0 Å². The van der Waals surface area contributed by atoms with Crippen LogP contribution in [-0.2, 0) is 14.4 Å². The summed E-state index contributed by atoms with van der Waals surface area (Å²) in [6.07, 6.45) is 18.8. The molecule has 0 saturated carbocycles. The lowest BCUT2D eigenvalue weighted by atomic mass is 10.1. The number of carbonyl (C=O) groups excluding carboxylic acids is 1. The molecule has 3 atom stereocenters.